The van der Waals surface area contributed by atoms with E-state index in [1.807, 2.05) is 25.1 Å². The molecule has 98 valence electrons. The second-order valence-corrected chi connectivity index (χ2v) is 4.75. The van der Waals surface area contributed by atoms with Gasteiger partial charge in [-0.25, -0.2) is 0 Å². The van der Waals surface area contributed by atoms with E-state index in [-0.39, 0.29) is 5.97 Å². The first-order chi connectivity index (χ1) is 8.61. The summed E-state index contributed by atoms with van der Waals surface area (Å²) in [6.45, 7) is 2.86. The van der Waals surface area contributed by atoms with Crippen LogP contribution in [0.3, 0.4) is 0 Å². The first-order valence-corrected chi connectivity index (χ1v) is 5.91. The van der Waals surface area contributed by atoms with E-state index in [0.717, 1.165) is 16.9 Å². The quantitative estimate of drug-likeness (QED) is 0.763. The summed E-state index contributed by atoms with van der Waals surface area (Å²) in [6, 6.07) is 5.95. The van der Waals surface area contributed by atoms with Crippen molar-refractivity contribution in [3.05, 3.63) is 29.3 Å². The predicted molar refractivity (Wildman–Crippen MR) is 66.7 cm³/mol. The average Bonchev–Trinajstić information content (AvgIpc) is 2.33. The Hall–Kier alpha value is -1.55. The van der Waals surface area contributed by atoms with E-state index in [1.165, 1.54) is 7.11 Å². The van der Waals surface area contributed by atoms with Crippen LogP contribution in [-0.2, 0) is 20.7 Å². The molecule has 0 bridgehead atoms. The highest BCUT2D eigenvalue weighted by Crippen LogP contribution is 2.34. The normalized spacial score (nSPS) is 16.8. The van der Waals surface area contributed by atoms with E-state index in [1.54, 1.807) is 7.11 Å². The van der Waals surface area contributed by atoms with Crippen molar-refractivity contribution < 1.29 is 19.0 Å². The summed E-state index contributed by atoms with van der Waals surface area (Å²) in [5, 5.41) is 0. The van der Waals surface area contributed by atoms with E-state index in [4.69, 9.17) is 14.2 Å². The second-order valence-electron chi connectivity index (χ2n) is 4.75. The van der Waals surface area contributed by atoms with Crippen LogP contribution in [0.1, 0.15) is 11.1 Å². The van der Waals surface area contributed by atoms with Crippen molar-refractivity contribution in [2.24, 2.45) is 5.41 Å². The van der Waals surface area contributed by atoms with Crippen molar-refractivity contribution >= 4 is 5.97 Å². The van der Waals surface area contributed by atoms with Crippen molar-refractivity contribution in [1.29, 1.82) is 0 Å². The third-order valence-electron chi connectivity index (χ3n) is 3.38. The summed E-state index contributed by atoms with van der Waals surface area (Å²) in [7, 11) is 3.07. The van der Waals surface area contributed by atoms with Gasteiger partial charge in [-0.15, -0.1) is 0 Å². The number of esters is 1. The monoisotopic (exact) mass is 250 g/mol. The van der Waals surface area contributed by atoms with Crippen LogP contribution in [0, 0.1) is 12.3 Å². The number of carbonyl (C=O) groups is 1. The minimum atomic E-state index is -0.504. The number of rotatable bonds is 4. The van der Waals surface area contributed by atoms with E-state index >= 15 is 0 Å². The molecular weight excluding hydrogens is 232 g/mol. The van der Waals surface area contributed by atoms with Gasteiger partial charge in [-0.2, -0.15) is 0 Å². The Kier molecular flexibility index (Phi) is 3.57. The summed E-state index contributed by atoms with van der Waals surface area (Å²) < 4.78 is 15.3. The highest BCUT2D eigenvalue weighted by atomic mass is 16.5. The fourth-order valence-corrected chi connectivity index (χ4v) is 2.30. The molecule has 4 heteroatoms. The lowest BCUT2D eigenvalue weighted by atomic mass is 9.79. The molecule has 0 amide bonds. The molecule has 0 aromatic heterocycles. The molecule has 2 rings (SSSR count). The Morgan fingerprint density at radius 1 is 1.39 bits per heavy atom. The number of carbonyl (C=O) groups excluding carboxylic acids is 1. The highest BCUT2D eigenvalue weighted by Gasteiger charge is 2.47. The fraction of sp³-hybridized carbons (Fsp3) is 0.500. The Labute approximate surface area is 107 Å². The first-order valence-electron chi connectivity index (χ1n) is 5.91. The summed E-state index contributed by atoms with van der Waals surface area (Å²) in [5.74, 6) is 0.665. The molecule has 1 aliphatic heterocycles. The lowest BCUT2D eigenvalue weighted by Gasteiger charge is -2.38. The molecule has 0 atom stereocenters. The molecule has 1 aromatic carbocycles. The maximum Gasteiger partial charge on any atom is 0.316 e. The zero-order valence-electron chi connectivity index (χ0n) is 11.0. The molecule has 1 aliphatic rings. The molecule has 1 aromatic rings. The minimum absolute atomic E-state index is 0.192. The molecule has 0 saturated carbocycles. The van der Waals surface area contributed by atoms with Crippen LogP contribution in [0.15, 0.2) is 18.2 Å². The zero-order chi connectivity index (χ0) is 13.2. The van der Waals surface area contributed by atoms with Gasteiger partial charge < -0.3 is 14.2 Å². The molecule has 4 nitrogen and oxygen atoms in total. The summed E-state index contributed by atoms with van der Waals surface area (Å²) in [4.78, 5) is 11.8. The van der Waals surface area contributed by atoms with Gasteiger partial charge in [-0.3, -0.25) is 4.79 Å². The molecule has 0 N–H and O–H groups in total. The van der Waals surface area contributed by atoms with Gasteiger partial charge in [0.25, 0.3) is 0 Å². The fourth-order valence-electron chi connectivity index (χ4n) is 2.30. The maximum atomic E-state index is 11.8. The zero-order valence-corrected chi connectivity index (χ0v) is 11.0. The van der Waals surface area contributed by atoms with E-state index < -0.39 is 5.41 Å². The Balaban J connectivity index is 2.18. The smallest absolute Gasteiger partial charge is 0.316 e. The maximum absolute atomic E-state index is 11.8. The molecule has 0 unspecified atom stereocenters. The lowest BCUT2D eigenvalue weighted by molar-refractivity contribution is -0.182. The van der Waals surface area contributed by atoms with Crippen molar-refractivity contribution in [2.75, 3.05) is 27.4 Å². The largest absolute Gasteiger partial charge is 0.496 e. The number of ether oxygens (including phenoxy) is 3. The lowest BCUT2D eigenvalue weighted by Crippen LogP contribution is -2.51. The average molecular weight is 250 g/mol. The molecule has 0 aliphatic carbocycles. The van der Waals surface area contributed by atoms with Gasteiger partial charge in [-0.1, -0.05) is 12.1 Å². The molecule has 1 heterocycles. The van der Waals surface area contributed by atoms with Crippen LogP contribution in [0.25, 0.3) is 0 Å². The van der Waals surface area contributed by atoms with Crippen molar-refractivity contribution in [3.63, 3.8) is 0 Å². The van der Waals surface area contributed by atoms with Crippen LogP contribution >= 0.6 is 0 Å². The predicted octanol–water partition coefficient (Wildman–Crippen LogP) is 1.74. The first kappa shape index (κ1) is 12.9. The van der Waals surface area contributed by atoms with Crippen molar-refractivity contribution in [3.8, 4) is 5.75 Å². The number of hydrogen-bond donors (Lipinski definition) is 0. The van der Waals surface area contributed by atoms with Gasteiger partial charge in [0.2, 0.25) is 0 Å². The molecule has 1 fully saturated rings. The number of methoxy groups -OCH3 is 2. The number of hydrogen-bond acceptors (Lipinski definition) is 4. The third-order valence-corrected chi connectivity index (χ3v) is 3.38. The van der Waals surface area contributed by atoms with Crippen molar-refractivity contribution in [1.82, 2.24) is 0 Å². The summed E-state index contributed by atoms with van der Waals surface area (Å²) in [5.41, 5.74) is 1.66. The Morgan fingerprint density at radius 3 is 2.56 bits per heavy atom. The van der Waals surface area contributed by atoms with E-state index in [2.05, 4.69) is 0 Å². The van der Waals surface area contributed by atoms with Crippen molar-refractivity contribution in [2.45, 2.75) is 13.3 Å². The number of aryl methyl sites for hydroxylation is 1. The Bertz CT molecular complexity index is 449. The SMILES string of the molecule is COC(=O)C1(Cc2ccc(OC)c(C)c2)COC1. The van der Waals surface area contributed by atoms with E-state index in [9.17, 15) is 4.79 Å². The molecular formula is C14H18O4. The summed E-state index contributed by atoms with van der Waals surface area (Å²) in [6.07, 6.45) is 0.643. The summed E-state index contributed by atoms with van der Waals surface area (Å²) >= 11 is 0. The van der Waals surface area contributed by atoms with Gasteiger partial charge in [0.05, 0.1) is 27.4 Å². The van der Waals surface area contributed by atoms with Gasteiger partial charge in [0, 0.05) is 0 Å². The topological polar surface area (TPSA) is 44.8 Å². The molecule has 1 saturated heterocycles. The molecule has 0 radical (unpaired) electrons. The van der Waals surface area contributed by atoms with Gasteiger partial charge in [-0.05, 0) is 30.5 Å². The van der Waals surface area contributed by atoms with Crippen LogP contribution in [0.2, 0.25) is 0 Å². The van der Waals surface area contributed by atoms with Crippen LogP contribution in [0.5, 0.6) is 5.75 Å². The molecule has 0 spiro atoms. The number of benzene rings is 1. The second kappa shape index (κ2) is 4.98. The van der Waals surface area contributed by atoms with Crippen LogP contribution < -0.4 is 4.74 Å². The van der Waals surface area contributed by atoms with Gasteiger partial charge >= 0.3 is 5.97 Å². The standard InChI is InChI=1S/C14H18O4/c1-10-6-11(4-5-12(10)16-2)7-14(8-18-9-14)13(15)17-3/h4-6H,7-9H2,1-3H3. The third kappa shape index (κ3) is 2.20. The minimum Gasteiger partial charge on any atom is -0.496 e. The molecule has 18 heavy (non-hydrogen) atoms. The van der Waals surface area contributed by atoms with Crippen LogP contribution in [0.4, 0.5) is 0 Å². The van der Waals surface area contributed by atoms with Crippen LogP contribution in [-0.4, -0.2) is 33.4 Å². The van der Waals surface area contributed by atoms with Gasteiger partial charge in [0.1, 0.15) is 11.2 Å². The van der Waals surface area contributed by atoms with E-state index in [0.29, 0.717) is 19.6 Å². The Morgan fingerprint density at radius 2 is 2.11 bits per heavy atom. The van der Waals surface area contributed by atoms with Gasteiger partial charge in [0.15, 0.2) is 0 Å². The highest BCUT2D eigenvalue weighted by molar-refractivity contribution is 5.78.